The van der Waals surface area contributed by atoms with E-state index in [4.69, 9.17) is 42.3 Å². The predicted molar refractivity (Wildman–Crippen MR) is 137 cm³/mol. The highest BCUT2D eigenvalue weighted by Gasteiger charge is 2.53. The topological polar surface area (TPSA) is 297 Å². The van der Waals surface area contributed by atoms with Crippen molar-refractivity contribution >= 4 is 0 Å². The van der Waals surface area contributed by atoms with Crippen LogP contribution in [0.3, 0.4) is 0 Å². The largest absolute Gasteiger partial charge is 0.395 e. The predicted octanol–water partition coefficient (Wildman–Crippen LogP) is -7.45. The van der Waals surface area contributed by atoms with Gasteiger partial charge in [-0.25, -0.2) is 0 Å². The van der Waals surface area contributed by atoms with E-state index in [0.717, 1.165) is 0 Å². The number of nitrogens with one attached hydrogen (secondary N) is 2. The lowest BCUT2D eigenvalue weighted by molar-refractivity contribution is -0.307. The molecule has 3 fully saturated rings. The van der Waals surface area contributed by atoms with E-state index in [-0.39, 0.29) is 39.1 Å². The second-order valence-electron chi connectivity index (χ2n) is 10.8. The molecule has 0 aromatic rings. The SMILES string of the molecule is NCC(O)CNC1CC(N)C(C2OC(CNCCO)C(O)CC2N)C(O)C1OC1OC(CO)C(O)C(N)C1O. The summed E-state index contributed by atoms with van der Waals surface area (Å²) >= 11 is 0. The number of nitrogens with two attached hydrogens (primary N) is 4. The molecule has 2 aliphatic heterocycles. The second kappa shape index (κ2) is 15.0. The van der Waals surface area contributed by atoms with Gasteiger partial charge in [0.15, 0.2) is 6.29 Å². The Morgan fingerprint density at radius 3 is 2.28 bits per heavy atom. The van der Waals surface area contributed by atoms with E-state index in [9.17, 15) is 30.6 Å². The van der Waals surface area contributed by atoms with Crippen molar-refractivity contribution in [2.24, 2.45) is 28.9 Å². The Hall–Kier alpha value is -0.640. The van der Waals surface area contributed by atoms with Crippen molar-refractivity contribution in [3.05, 3.63) is 0 Å². The Labute approximate surface area is 227 Å². The molecule has 0 aromatic heterocycles. The molecule has 0 radical (unpaired) electrons. The van der Waals surface area contributed by atoms with Gasteiger partial charge in [0.2, 0.25) is 0 Å². The first-order chi connectivity index (χ1) is 18.5. The summed E-state index contributed by atoms with van der Waals surface area (Å²) in [6.07, 6.45) is -10.5. The maximum atomic E-state index is 11.6. The zero-order chi connectivity index (χ0) is 28.9. The molecule has 16 heteroatoms. The highest BCUT2D eigenvalue weighted by molar-refractivity contribution is 5.06. The van der Waals surface area contributed by atoms with Crippen LogP contribution in [-0.4, -0.2) is 161 Å². The minimum absolute atomic E-state index is 0.00333. The van der Waals surface area contributed by atoms with E-state index in [2.05, 4.69) is 10.6 Å². The minimum Gasteiger partial charge on any atom is -0.395 e. The number of rotatable bonds is 12. The molecule has 2 heterocycles. The maximum Gasteiger partial charge on any atom is 0.186 e. The molecule has 1 aliphatic carbocycles. The van der Waals surface area contributed by atoms with Crippen LogP contribution in [0, 0.1) is 5.92 Å². The van der Waals surface area contributed by atoms with Gasteiger partial charge in [-0.2, -0.15) is 0 Å². The molecule has 2 saturated heterocycles. The van der Waals surface area contributed by atoms with Gasteiger partial charge in [0, 0.05) is 50.2 Å². The van der Waals surface area contributed by atoms with Gasteiger partial charge in [-0.15, -0.1) is 0 Å². The summed E-state index contributed by atoms with van der Waals surface area (Å²) in [5.74, 6) is -0.760. The molecule has 39 heavy (non-hydrogen) atoms. The van der Waals surface area contributed by atoms with Crippen LogP contribution >= 0.6 is 0 Å². The van der Waals surface area contributed by atoms with Crippen molar-refractivity contribution in [3.63, 3.8) is 0 Å². The molecule has 1 saturated carbocycles. The van der Waals surface area contributed by atoms with Crippen molar-refractivity contribution in [1.29, 1.82) is 0 Å². The van der Waals surface area contributed by atoms with E-state index in [1.54, 1.807) is 0 Å². The van der Waals surface area contributed by atoms with Crippen LogP contribution in [0.15, 0.2) is 0 Å². The summed E-state index contributed by atoms with van der Waals surface area (Å²) < 4.78 is 17.8. The Morgan fingerprint density at radius 2 is 1.64 bits per heavy atom. The molecule has 0 bridgehead atoms. The fourth-order valence-electron chi connectivity index (χ4n) is 5.70. The first kappa shape index (κ1) is 32.9. The van der Waals surface area contributed by atoms with Crippen molar-refractivity contribution in [3.8, 4) is 0 Å². The number of ether oxygens (including phenoxy) is 3. The molecule has 15 atom stereocenters. The molecule has 0 amide bonds. The van der Waals surface area contributed by atoms with Crippen LogP contribution in [0.25, 0.3) is 0 Å². The summed E-state index contributed by atoms with van der Waals surface area (Å²) in [5, 5.41) is 77.7. The fraction of sp³-hybridized carbons (Fsp3) is 1.00. The monoisotopic (exact) mass is 568 g/mol. The third kappa shape index (κ3) is 7.81. The molecule has 15 unspecified atom stereocenters. The van der Waals surface area contributed by atoms with E-state index in [1.807, 2.05) is 0 Å². The molecule has 3 aliphatic rings. The summed E-state index contributed by atoms with van der Waals surface area (Å²) in [6, 6.07) is -3.13. The molecular weight excluding hydrogens is 520 g/mol. The van der Waals surface area contributed by atoms with Crippen molar-refractivity contribution in [2.45, 2.75) is 98.2 Å². The van der Waals surface area contributed by atoms with Gasteiger partial charge in [-0.3, -0.25) is 0 Å². The van der Waals surface area contributed by atoms with Crippen LogP contribution in [0.4, 0.5) is 0 Å². The summed E-state index contributed by atoms with van der Waals surface area (Å²) in [6.45, 7) is -0.0445. The lowest BCUT2D eigenvalue weighted by Crippen LogP contribution is -2.70. The van der Waals surface area contributed by atoms with Gasteiger partial charge in [-0.05, 0) is 12.8 Å². The summed E-state index contributed by atoms with van der Waals surface area (Å²) in [4.78, 5) is 0. The standard InChI is InChI=1S/C23H48N6O10/c24-5-9(32)6-29-12-3-10(25)16(21-11(26)4-13(33)14(37-21)7-28-1-2-30)19(35)22(12)39-23-20(36)17(27)18(34)15(8-31)38-23/h9-23,28-36H,1-8,24-27H2. The zero-order valence-electron chi connectivity index (χ0n) is 22.0. The zero-order valence-corrected chi connectivity index (χ0v) is 22.0. The fourth-order valence-corrected chi connectivity index (χ4v) is 5.70. The second-order valence-corrected chi connectivity index (χ2v) is 10.8. The van der Waals surface area contributed by atoms with E-state index in [1.165, 1.54) is 0 Å². The van der Waals surface area contributed by atoms with Crippen molar-refractivity contribution in [2.75, 3.05) is 39.4 Å². The molecule has 3 rings (SSSR count). The van der Waals surface area contributed by atoms with Crippen LogP contribution in [0.5, 0.6) is 0 Å². The molecule has 16 nitrogen and oxygen atoms in total. The van der Waals surface area contributed by atoms with Crippen LogP contribution in [0.2, 0.25) is 0 Å². The molecule has 230 valence electrons. The van der Waals surface area contributed by atoms with Gasteiger partial charge >= 0.3 is 0 Å². The first-order valence-corrected chi connectivity index (χ1v) is 13.5. The lowest BCUT2D eigenvalue weighted by atomic mass is 9.72. The number of aliphatic hydroxyl groups is 7. The maximum absolute atomic E-state index is 11.6. The van der Waals surface area contributed by atoms with E-state index in [0.29, 0.717) is 6.54 Å². The normalized spacial score (nSPS) is 46.2. The smallest absolute Gasteiger partial charge is 0.186 e. The Bertz CT molecular complexity index is 731. The highest BCUT2D eigenvalue weighted by atomic mass is 16.7. The Morgan fingerprint density at radius 1 is 0.923 bits per heavy atom. The van der Waals surface area contributed by atoms with Gasteiger partial charge in [0.25, 0.3) is 0 Å². The van der Waals surface area contributed by atoms with Crippen LogP contribution in [0.1, 0.15) is 12.8 Å². The van der Waals surface area contributed by atoms with E-state index >= 15 is 0 Å². The Balaban J connectivity index is 1.83. The minimum atomic E-state index is -1.48. The number of hydrogen-bond acceptors (Lipinski definition) is 16. The van der Waals surface area contributed by atoms with Crippen LogP contribution in [-0.2, 0) is 14.2 Å². The Kier molecular flexibility index (Phi) is 12.7. The average Bonchev–Trinajstić information content (AvgIpc) is 2.91. The van der Waals surface area contributed by atoms with Crippen molar-refractivity contribution in [1.82, 2.24) is 10.6 Å². The van der Waals surface area contributed by atoms with Gasteiger partial charge in [-0.1, -0.05) is 0 Å². The average molecular weight is 569 g/mol. The van der Waals surface area contributed by atoms with Gasteiger partial charge in [0.05, 0.1) is 49.8 Å². The van der Waals surface area contributed by atoms with E-state index < -0.39 is 97.9 Å². The van der Waals surface area contributed by atoms with Gasteiger partial charge < -0.3 is 83.5 Å². The highest BCUT2D eigenvalue weighted by Crippen LogP contribution is 2.36. The van der Waals surface area contributed by atoms with Crippen LogP contribution < -0.4 is 33.6 Å². The third-order valence-electron chi connectivity index (χ3n) is 7.97. The molecule has 17 N–H and O–H groups in total. The first-order valence-electron chi connectivity index (χ1n) is 13.5. The summed E-state index contributed by atoms with van der Waals surface area (Å²) in [7, 11) is 0. The lowest BCUT2D eigenvalue weighted by Gasteiger charge is -2.51. The molecular formula is C23H48N6O10. The third-order valence-corrected chi connectivity index (χ3v) is 7.97. The number of aliphatic hydroxyl groups excluding tert-OH is 7. The van der Waals surface area contributed by atoms with Crippen molar-refractivity contribution < 1.29 is 50.0 Å². The van der Waals surface area contributed by atoms with Gasteiger partial charge in [0.1, 0.15) is 24.4 Å². The quantitative estimate of drug-likeness (QED) is 0.0972. The number of hydrogen-bond donors (Lipinski definition) is 13. The molecule has 0 spiro atoms. The molecule has 0 aromatic carbocycles. The summed E-state index contributed by atoms with van der Waals surface area (Å²) in [5.41, 5.74) is 24.4.